The Morgan fingerprint density at radius 2 is 1.71 bits per heavy atom. The molecule has 1 N–H and O–H groups in total. The highest BCUT2D eigenvalue weighted by Crippen LogP contribution is 1.91. The molecule has 102 valence electrons. The Hall–Kier alpha value is -0.810. The second-order valence-electron chi connectivity index (χ2n) is 3.98. The van der Waals surface area contributed by atoms with E-state index in [1.165, 1.54) is 4.90 Å². The fourth-order valence-corrected chi connectivity index (χ4v) is 1.07. The Labute approximate surface area is 104 Å². The van der Waals surface area contributed by atoms with Gasteiger partial charge in [0.1, 0.15) is 13.5 Å². The summed E-state index contributed by atoms with van der Waals surface area (Å²) in [7, 11) is 1.70. The zero-order valence-electron chi connectivity index (χ0n) is 11.3. The molecule has 0 saturated heterocycles. The molecule has 5 heteroatoms. The van der Waals surface area contributed by atoms with Crippen LogP contribution in [0.5, 0.6) is 0 Å². The van der Waals surface area contributed by atoms with Gasteiger partial charge in [-0.3, -0.25) is 0 Å². The van der Waals surface area contributed by atoms with E-state index in [1.54, 1.807) is 7.05 Å². The van der Waals surface area contributed by atoms with Gasteiger partial charge in [0.05, 0.1) is 0 Å². The highest BCUT2D eigenvalue weighted by molar-refractivity contribution is 5.73. The number of nitrogens with zero attached hydrogens (tertiary/aromatic N) is 1. The minimum atomic E-state index is -0.169. The summed E-state index contributed by atoms with van der Waals surface area (Å²) >= 11 is 0. The quantitative estimate of drug-likeness (QED) is 0.475. The van der Waals surface area contributed by atoms with Gasteiger partial charge in [-0.05, 0) is 12.8 Å². The Morgan fingerprint density at radius 3 is 2.29 bits per heavy atom. The van der Waals surface area contributed by atoms with Crippen molar-refractivity contribution in [2.24, 2.45) is 0 Å². The predicted molar refractivity (Wildman–Crippen MR) is 67.7 cm³/mol. The topological polar surface area (TPSA) is 50.8 Å². The monoisotopic (exact) mass is 246 g/mol. The first-order chi connectivity index (χ1) is 8.22. The van der Waals surface area contributed by atoms with Crippen molar-refractivity contribution in [3.05, 3.63) is 0 Å². The molecule has 0 aromatic rings. The molecular formula is C12H26N2O3. The van der Waals surface area contributed by atoms with Crippen molar-refractivity contribution in [1.82, 2.24) is 10.2 Å². The van der Waals surface area contributed by atoms with Gasteiger partial charge in [-0.1, -0.05) is 26.7 Å². The highest BCUT2D eigenvalue weighted by atomic mass is 16.5. The molecule has 0 fully saturated rings. The molecule has 0 heterocycles. The molecule has 0 radical (unpaired) electrons. The van der Waals surface area contributed by atoms with Gasteiger partial charge in [0.15, 0.2) is 0 Å². The van der Waals surface area contributed by atoms with Crippen LogP contribution in [-0.2, 0) is 9.47 Å². The summed E-state index contributed by atoms with van der Waals surface area (Å²) in [4.78, 5) is 13.0. The molecule has 0 bridgehead atoms. The summed E-state index contributed by atoms with van der Waals surface area (Å²) in [5.74, 6) is 0. The van der Waals surface area contributed by atoms with Crippen molar-refractivity contribution in [2.45, 2.75) is 39.5 Å². The number of urea groups is 1. The summed E-state index contributed by atoms with van der Waals surface area (Å²) < 4.78 is 10.6. The number of carbonyl (C=O) groups is 1. The first kappa shape index (κ1) is 16.2. The molecular weight excluding hydrogens is 220 g/mol. The van der Waals surface area contributed by atoms with Gasteiger partial charge >= 0.3 is 6.03 Å². The smallest absolute Gasteiger partial charge is 0.320 e. The van der Waals surface area contributed by atoms with E-state index in [2.05, 4.69) is 19.2 Å². The van der Waals surface area contributed by atoms with Crippen LogP contribution >= 0.6 is 0 Å². The van der Waals surface area contributed by atoms with Crippen LogP contribution in [0.15, 0.2) is 0 Å². The lowest BCUT2D eigenvalue weighted by Gasteiger charge is -2.17. The Balaban J connectivity index is 3.40. The van der Waals surface area contributed by atoms with Crippen molar-refractivity contribution < 1.29 is 14.3 Å². The Bertz CT molecular complexity index is 189. The summed E-state index contributed by atoms with van der Waals surface area (Å²) in [5.41, 5.74) is 0. The first-order valence-corrected chi connectivity index (χ1v) is 6.36. The van der Waals surface area contributed by atoms with Crippen molar-refractivity contribution in [3.8, 4) is 0 Å². The maximum absolute atomic E-state index is 11.5. The molecule has 0 atom stereocenters. The fraction of sp³-hybridized carbons (Fsp3) is 0.917. The van der Waals surface area contributed by atoms with Crippen molar-refractivity contribution in [2.75, 3.05) is 33.7 Å². The zero-order valence-corrected chi connectivity index (χ0v) is 11.3. The second-order valence-corrected chi connectivity index (χ2v) is 3.98. The molecule has 17 heavy (non-hydrogen) atoms. The molecule has 0 spiro atoms. The van der Waals surface area contributed by atoms with E-state index in [9.17, 15) is 4.79 Å². The summed E-state index contributed by atoms with van der Waals surface area (Å²) in [6.45, 7) is 6.17. The SMILES string of the molecule is CCCCOCNC(=O)N(C)COCCCC. The molecule has 0 saturated carbocycles. The second kappa shape index (κ2) is 11.7. The summed E-state index contributed by atoms with van der Waals surface area (Å²) in [6.07, 6.45) is 4.24. The third-order valence-electron chi connectivity index (χ3n) is 2.24. The Morgan fingerprint density at radius 1 is 1.12 bits per heavy atom. The number of hydrogen-bond acceptors (Lipinski definition) is 3. The van der Waals surface area contributed by atoms with Crippen molar-refractivity contribution >= 4 is 6.03 Å². The lowest BCUT2D eigenvalue weighted by molar-refractivity contribution is 0.0518. The van der Waals surface area contributed by atoms with E-state index in [4.69, 9.17) is 9.47 Å². The number of nitrogens with one attached hydrogen (secondary N) is 1. The number of hydrogen-bond donors (Lipinski definition) is 1. The molecule has 0 aliphatic heterocycles. The molecule has 0 unspecified atom stereocenters. The van der Waals surface area contributed by atoms with Crippen LogP contribution < -0.4 is 5.32 Å². The van der Waals surface area contributed by atoms with Crippen LogP contribution in [0.3, 0.4) is 0 Å². The van der Waals surface area contributed by atoms with Gasteiger partial charge in [0.2, 0.25) is 0 Å². The van der Waals surface area contributed by atoms with Crippen LogP contribution in [0.2, 0.25) is 0 Å². The number of unbranched alkanes of at least 4 members (excludes halogenated alkanes) is 2. The minimum absolute atomic E-state index is 0.169. The molecule has 0 aliphatic rings. The average molecular weight is 246 g/mol. The van der Waals surface area contributed by atoms with Gasteiger partial charge < -0.3 is 19.7 Å². The average Bonchev–Trinajstić information content (AvgIpc) is 2.34. The highest BCUT2D eigenvalue weighted by Gasteiger charge is 2.06. The van der Waals surface area contributed by atoms with E-state index in [1.807, 2.05) is 0 Å². The van der Waals surface area contributed by atoms with E-state index in [0.717, 1.165) is 25.7 Å². The number of rotatable bonds is 10. The largest absolute Gasteiger partial charge is 0.361 e. The van der Waals surface area contributed by atoms with E-state index >= 15 is 0 Å². The zero-order chi connectivity index (χ0) is 12.9. The molecule has 0 rings (SSSR count). The maximum atomic E-state index is 11.5. The lowest BCUT2D eigenvalue weighted by Crippen LogP contribution is -2.39. The van der Waals surface area contributed by atoms with E-state index < -0.39 is 0 Å². The van der Waals surface area contributed by atoms with Crippen LogP contribution in [0, 0.1) is 0 Å². The third-order valence-corrected chi connectivity index (χ3v) is 2.24. The number of ether oxygens (including phenoxy) is 2. The first-order valence-electron chi connectivity index (χ1n) is 6.36. The van der Waals surface area contributed by atoms with E-state index in [-0.39, 0.29) is 12.8 Å². The van der Waals surface area contributed by atoms with Gasteiger partial charge in [-0.2, -0.15) is 0 Å². The lowest BCUT2D eigenvalue weighted by atomic mass is 10.4. The molecule has 5 nitrogen and oxygen atoms in total. The van der Waals surface area contributed by atoms with Crippen LogP contribution in [0.1, 0.15) is 39.5 Å². The van der Waals surface area contributed by atoms with Gasteiger partial charge in [0, 0.05) is 20.3 Å². The standard InChI is InChI=1S/C12H26N2O3/c1-4-6-8-16-10-13-12(15)14(3)11-17-9-7-5-2/h4-11H2,1-3H3,(H,13,15). The van der Waals surface area contributed by atoms with Gasteiger partial charge in [0.25, 0.3) is 0 Å². The maximum Gasteiger partial charge on any atom is 0.320 e. The predicted octanol–water partition coefficient (Wildman–Crippen LogP) is 2.18. The summed E-state index contributed by atoms with van der Waals surface area (Å²) in [5, 5.41) is 2.67. The third kappa shape index (κ3) is 10.1. The summed E-state index contributed by atoms with van der Waals surface area (Å²) in [6, 6.07) is -0.169. The number of carbonyl (C=O) groups excluding carboxylic acids is 1. The van der Waals surface area contributed by atoms with Crippen LogP contribution in [0.25, 0.3) is 0 Å². The van der Waals surface area contributed by atoms with Gasteiger partial charge in [-0.15, -0.1) is 0 Å². The van der Waals surface area contributed by atoms with Crippen molar-refractivity contribution in [3.63, 3.8) is 0 Å². The Kier molecular flexibility index (Phi) is 11.1. The molecule has 0 aromatic carbocycles. The van der Waals surface area contributed by atoms with Crippen molar-refractivity contribution in [1.29, 1.82) is 0 Å². The van der Waals surface area contributed by atoms with E-state index in [0.29, 0.717) is 19.9 Å². The fourth-order valence-electron chi connectivity index (χ4n) is 1.07. The molecule has 2 amide bonds. The normalized spacial score (nSPS) is 10.3. The molecule has 0 aliphatic carbocycles. The number of amides is 2. The van der Waals surface area contributed by atoms with Gasteiger partial charge in [-0.25, -0.2) is 4.79 Å². The molecule has 0 aromatic heterocycles. The van der Waals surface area contributed by atoms with Crippen LogP contribution in [-0.4, -0.2) is 44.7 Å². The van der Waals surface area contributed by atoms with Crippen LogP contribution in [0.4, 0.5) is 4.79 Å². The minimum Gasteiger partial charge on any atom is -0.361 e.